The van der Waals surface area contributed by atoms with Gasteiger partial charge in [0, 0.05) is 13.5 Å². The molecular formula is C13H18O3. The number of rotatable bonds is 4. The third-order valence-corrected chi connectivity index (χ3v) is 3.11. The molecule has 3 heteroatoms. The zero-order valence-electron chi connectivity index (χ0n) is 9.72. The van der Waals surface area contributed by atoms with Crippen LogP contribution < -0.4 is 4.74 Å². The molecule has 3 unspecified atom stereocenters. The zero-order chi connectivity index (χ0) is 11.5. The average molecular weight is 222 g/mol. The summed E-state index contributed by atoms with van der Waals surface area (Å²) in [5.41, 5.74) is 1.30. The maximum absolute atomic E-state index is 9.43. The first-order valence-corrected chi connectivity index (χ1v) is 5.71. The Morgan fingerprint density at radius 2 is 2.00 bits per heavy atom. The van der Waals surface area contributed by atoms with Gasteiger partial charge in [-0.3, -0.25) is 0 Å². The van der Waals surface area contributed by atoms with Crippen molar-refractivity contribution in [3.05, 3.63) is 29.8 Å². The molecule has 88 valence electrons. The molecule has 1 aromatic carbocycles. The highest BCUT2D eigenvalue weighted by molar-refractivity contribution is 5.27. The molecule has 0 saturated heterocycles. The minimum atomic E-state index is -0.384. The summed E-state index contributed by atoms with van der Waals surface area (Å²) in [5, 5.41) is 9.43. The van der Waals surface area contributed by atoms with Crippen LogP contribution in [-0.2, 0) is 11.2 Å². The molecular weight excluding hydrogens is 204 g/mol. The van der Waals surface area contributed by atoms with Gasteiger partial charge in [-0.15, -0.1) is 0 Å². The Balaban J connectivity index is 1.94. The lowest BCUT2D eigenvalue weighted by atomic mass is 9.88. The number of aryl methyl sites for hydroxylation is 1. The van der Waals surface area contributed by atoms with Crippen LogP contribution in [0.3, 0.4) is 0 Å². The second kappa shape index (κ2) is 4.85. The van der Waals surface area contributed by atoms with E-state index in [1.165, 1.54) is 5.56 Å². The summed E-state index contributed by atoms with van der Waals surface area (Å²) in [5.74, 6) is 0.844. The summed E-state index contributed by atoms with van der Waals surface area (Å²) >= 11 is 0. The average Bonchev–Trinajstić information content (AvgIpc) is 2.30. The van der Waals surface area contributed by atoms with Crippen LogP contribution in [-0.4, -0.2) is 30.5 Å². The highest BCUT2D eigenvalue weighted by Crippen LogP contribution is 2.28. The van der Waals surface area contributed by atoms with Crippen LogP contribution in [0.4, 0.5) is 0 Å². The first kappa shape index (κ1) is 11.4. The fraction of sp³-hybridized carbons (Fsp3) is 0.538. The van der Waals surface area contributed by atoms with Crippen molar-refractivity contribution in [1.29, 1.82) is 0 Å². The van der Waals surface area contributed by atoms with E-state index in [4.69, 9.17) is 9.47 Å². The van der Waals surface area contributed by atoms with Crippen molar-refractivity contribution in [3.63, 3.8) is 0 Å². The first-order chi connectivity index (χ1) is 7.74. The fourth-order valence-corrected chi connectivity index (χ4v) is 1.96. The van der Waals surface area contributed by atoms with Gasteiger partial charge in [0.1, 0.15) is 18.0 Å². The molecule has 1 N–H and O–H groups in total. The van der Waals surface area contributed by atoms with E-state index < -0.39 is 0 Å². The minimum absolute atomic E-state index is 0.0209. The molecule has 3 nitrogen and oxygen atoms in total. The molecule has 0 aromatic heterocycles. The first-order valence-electron chi connectivity index (χ1n) is 5.71. The molecule has 1 aromatic rings. The van der Waals surface area contributed by atoms with E-state index in [1.807, 2.05) is 12.1 Å². The number of aliphatic hydroxyl groups is 1. The lowest BCUT2D eigenvalue weighted by Crippen LogP contribution is -2.54. The summed E-state index contributed by atoms with van der Waals surface area (Å²) in [4.78, 5) is 0. The van der Waals surface area contributed by atoms with Gasteiger partial charge in [-0.1, -0.05) is 19.1 Å². The number of hydrogen-bond donors (Lipinski definition) is 1. The molecule has 1 aliphatic carbocycles. The largest absolute Gasteiger partial charge is 0.488 e. The molecule has 0 bridgehead atoms. The Morgan fingerprint density at radius 1 is 1.31 bits per heavy atom. The monoisotopic (exact) mass is 222 g/mol. The normalized spacial score (nSPS) is 28.6. The lowest BCUT2D eigenvalue weighted by molar-refractivity contribution is -0.149. The van der Waals surface area contributed by atoms with Crippen LogP contribution in [0.1, 0.15) is 18.9 Å². The van der Waals surface area contributed by atoms with E-state index in [0.717, 1.165) is 12.2 Å². The Hall–Kier alpha value is -1.06. The topological polar surface area (TPSA) is 38.7 Å². The molecule has 2 rings (SSSR count). The Kier molecular flexibility index (Phi) is 3.46. The van der Waals surface area contributed by atoms with E-state index in [-0.39, 0.29) is 18.3 Å². The van der Waals surface area contributed by atoms with Crippen LogP contribution in [0.2, 0.25) is 0 Å². The number of ether oxygens (including phenoxy) is 2. The van der Waals surface area contributed by atoms with E-state index in [0.29, 0.717) is 6.42 Å². The third kappa shape index (κ3) is 2.20. The van der Waals surface area contributed by atoms with Gasteiger partial charge in [0.15, 0.2) is 0 Å². The number of aliphatic hydroxyl groups excluding tert-OH is 1. The van der Waals surface area contributed by atoms with Gasteiger partial charge >= 0.3 is 0 Å². The van der Waals surface area contributed by atoms with E-state index in [2.05, 4.69) is 19.1 Å². The Morgan fingerprint density at radius 3 is 2.50 bits per heavy atom. The fourth-order valence-electron chi connectivity index (χ4n) is 1.96. The van der Waals surface area contributed by atoms with Gasteiger partial charge in [0.25, 0.3) is 0 Å². The summed E-state index contributed by atoms with van der Waals surface area (Å²) in [6.45, 7) is 2.12. The smallest absolute Gasteiger partial charge is 0.130 e. The zero-order valence-corrected chi connectivity index (χ0v) is 9.72. The van der Waals surface area contributed by atoms with Crippen LogP contribution in [0.5, 0.6) is 5.75 Å². The predicted octanol–water partition coefficient (Wildman–Crippen LogP) is 1.78. The summed E-state index contributed by atoms with van der Waals surface area (Å²) < 4.78 is 10.9. The van der Waals surface area contributed by atoms with Gasteiger partial charge in [-0.25, -0.2) is 0 Å². The maximum atomic E-state index is 9.43. The number of hydrogen-bond acceptors (Lipinski definition) is 3. The summed E-state index contributed by atoms with van der Waals surface area (Å²) in [6, 6.07) is 8.06. The molecule has 0 heterocycles. The second-order valence-electron chi connectivity index (χ2n) is 4.16. The van der Waals surface area contributed by atoms with Crippen molar-refractivity contribution < 1.29 is 14.6 Å². The number of benzene rings is 1. The highest BCUT2D eigenvalue weighted by Gasteiger charge is 2.42. The van der Waals surface area contributed by atoms with Crippen LogP contribution in [0.25, 0.3) is 0 Å². The maximum Gasteiger partial charge on any atom is 0.130 e. The molecule has 0 amide bonds. The lowest BCUT2D eigenvalue weighted by Gasteiger charge is -2.39. The Bertz CT molecular complexity index is 334. The number of methoxy groups -OCH3 is 1. The molecule has 3 atom stereocenters. The van der Waals surface area contributed by atoms with E-state index in [9.17, 15) is 5.11 Å². The van der Waals surface area contributed by atoms with Gasteiger partial charge < -0.3 is 14.6 Å². The molecule has 1 fully saturated rings. The third-order valence-electron chi connectivity index (χ3n) is 3.11. The van der Waals surface area contributed by atoms with Gasteiger partial charge in [-0.05, 0) is 24.1 Å². The van der Waals surface area contributed by atoms with Crippen molar-refractivity contribution in [2.45, 2.75) is 38.1 Å². The van der Waals surface area contributed by atoms with E-state index in [1.54, 1.807) is 7.11 Å². The van der Waals surface area contributed by atoms with Crippen LogP contribution in [0, 0.1) is 0 Å². The summed E-state index contributed by atoms with van der Waals surface area (Å²) in [6.07, 6.45) is 1.08. The van der Waals surface area contributed by atoms with Crippen LogP contribution in [0.15, 0.2) is 24.3 Å². The molecule has 0 spiro atoms. The second-order valence-corrected chi connectivity index (χ2v) is 4.16. The van der Waals surface area contributed by atoms with Crippen molar-refractivity contribution in [3.8, 4) is 5.75 Å². The molecule has 0 aliphatic heterocycles. The minimum Gasteiger partial charge on any atom is -0.488 e. The quantitative estimate of drug-likeness (QED) is 0.844. The molecule has 0 radical (unpaired) electrons. The SMILES string of the molecule is CCc1ccc(OC2CC(O)C2OC)cc1. The summed E-state index contributed by atoms with van der Waals surface area (Å²) in [7, 11) is 1.60. The highest BCUT2D eigenvalue weighted by atomic mass is 16.6. The predicted molar refractivity (Wildman–Crippen MR) is 61.7 cm³/mol. The standard InChI is InChI=1S/C13H18O3/c1-3-9-4-6-10(7-5-9)16-12-8-11(14)13(12)15-2/h4-7,11-14H,3,8H2,1-2H3. The van der Waals surface area contributed by atoms with Crippen molar-refractivity contribution in [1.82, 2.24) is 0 Å². The van der Waals surface area contributed by atoms with Crippen molar-refractivity contribution in [2.75, 3.05) is 7.11 Å². The molecule has 1 saturated carbocycles. The van der Waals surface area contributed by atoms with Gasteiger partial charge in [-0.2, -0.15) is 0 Å². The van der Waals surface area contributed by atoms with E-state index >= 15 is 0 Å². The molecule has 16 heavy (non-hydrogen) atoms. The van der Waals surface area contributed by atoms with Crippen LogP contribution >= 0.6 is 0 Å². The van der Waals surface area contributed by atoms with Crippen molar-refractivity contribution >= 4 is 0 Å². The van der Waals surface area contributed by atoms with Crippen molar-refractivity contribution in [2.24, 2.45) is 0 Å². The van der Waals surface area contributed by atoms with Gasteiger partial charge in [0.05, 0.1) is 6.10 Å². The Labute approximate surface area is 96.0 Å². The van der Waals surface area contributed by atoms with Gasteiger partial charge in [0.2, 0.25) is 0 Å². The molecule has 1 aliphatic rings.